The van der Waals surface area contributed by atoms with Crippen LogP contribution >= 0.6 is 0 Å². The van der Waals surface area contributed by atoms with E-state index < -0.39 is 6.17 Å². The smallest absolute Gasteiger partial charge is 0.208 e. The van der Waals surface area contributed by atoms with Gasteiger partial charge in [0.25, 0.3) is 0 Å². The summed E-state index contributed by atoms with van der Waals surface area (Å²) in [4.78, 5) is 24.4. The molecule has 0 saturated carbocycles. The van der Waals surface area contributed by atoms with Gasteiger partial charge >= 0.3 is 0 Å². The first kappa shape index (κ1) is 39.0. The van der Waals surface area contributed by atoms with E-state index in [0.717, 1.165) is 159 Å². The Kier molecular flexibility index (Phi) is 10.8. The van der Waals surface area contributed by atoms with Gasteiger partial charge < -0.3 is 25.3 Å². The fraction of sp³-hybridized carbons (Fsp3) is 0.447. The van der Waals surface area contributed by atoms with E-state index in [1.54, 1.807) is 0 Å². The van der Waals surface area contributed by atoms with Crippen LogP contribution in [0.2, 0.25) is 0 Å². The SMILES string of the molecule is C=C1CC[C@H](c2ccc(N3CC[C@H](N4CCN(c5ccc6c(c5)N5CCCCCCc7c(cnn7C)-c7cc(cc(C)n7)C(=C)/N=C/5N6)CC4)C(F)C3)c(C)n2)C(=C)N1. The number of alkyl halides is 1. The lowest BCUT2D eigenvalue weighted by Gasteiger charge is -2.45. The Hall–Kier alpha value is -5.49. The topological polar surface area (TPSA) is 93.0 Å². The maximum atomic E-state index is 16.1. The van der Waals surface area contributed by atoms with Gasteiger partial charge in [0.2, 0.25) is 5.96 Å². The average molecular weight is 796 g/mol. The van der Waals surface area contributed by atoms with Crippen LogP contribution in [0, 0.1) is 13.8 Å². The van der Waals surface area contributed by atoms with Crippen LogP contribution in [0.15, 0.2) is 84.8 Å². The van der Waals surface area contributed by atoms with Crippen LogP contribution in [0.4, 0.5) is 27.1 Å². The van der Waals surface area contributed by atoms with Crippen LogP contribution in [0.3, 0.4) is 0 Å². The summed E-state index contributed by atoms with van der Waals surface area (Å²) in [6.45, 7) is 22.2. The third-order valence-electron chi connectivity index (χ3n) is 13.1. The highest BCUT2D eigenvalue weighted by molar-refractivity contribution is 6.16. The summed E-state index contributed by atoms with van der Waals surface area (Å²) in [5.41, 5.74) is 14.2. The largest absolute Gasteiger partial charge is 0.369 e. The number of rotatable bonds is 4. The number of aromatic nitrogens is 4. The fourth-order valence-corrected chi connectivity index (χ4v) is 9.85. The van der Waals surface area contributed by atoms with Crippen molar-refractivity contribution in [1.29, 1.82) is 0 Å². The highest BCUT2D eigenvalue weighted by Gasteiger charge is 2.36. The molecule has 11 nitrogen and oxygen atoms in total. The molecule has 4 aromatic rings. The lowest BCUT2D eigenvalue weighted by molar-refractivity contribution is 0.0877. The van der Waals surface area contributed by atoms with Crippen molar-refractivity contribution in [2.24, 2.45) is 12.0 Å². The van der Waals surface area contributed by atoms with Gasteiger partial charge in [-0.3, -0.25) is 19.5 Å². The number of guanidine groups is 1. The van der Waals surface area contributed by atoms with Gasteiger partial charge in [0.05, 0.1) is 46.9 Å². The number of aliphatic imine (C=N–C) groups is 1. The van der Waals surface area contributed by atoms with Gasteiger partial charge in [-0.15, -0.1) is 0 Å². The van der Waals surface area contributed by atoms with Crippen molar-refractivity contribution in [3.8, 4) is 11.3 Å². The molecule has 59 heavy (non-hydrogen) atoms. The molecule has 3 aromatic heterocycles. The van der Waals surface area contributed by atoms with Gasteiger partial charge in [0.15, 0.2) is 0 Å². The number of halogens is 1. The summed E-state index contributed by atoms with van der Waals surface area (Å²) in [5.74, 6) is 0.976. The number of hydrogen-bond donors (Lipinski definition) is 2. The van der Waals surface area contributed by atoms with Crippen molar-refractivity contribution in [3.63, 3.8) is 0 Å². The first-order valence-corrected chi connectivity index (χ1v) is 21.6. The van der Waals surface area contributed by atoms with Gasteiger partial charge in [-0.05, 0) is 94.8 Å². The lowest BCUT2D eigenvalue weighted by atomic mass is 9.91. The zero-order valence-corrected chi connectivity index (χ0v) is 35.0. The van der Waals surface area contributed by atoms with Crippen LogP contribution in [-0.4, -0.2) is 88.6 Å². The van der Waals surface area contributed by atoms with E-state index in [1.165, 1.54) is 11.4 Å². The number of piperidine rings is 2. The standard InChI is InChI=1S/C47H58FN11/c1-30-12-14-37(33(4)50-30)40-16-17-43(34(5)52-40)58-20-18-45(39(48)29-58)57-23-21-56(22-24-57)36-13-15-41-46(27-36)59-19-10-8-7-9-11-44-38(28-49-55(44)6)42-26-35(25-31(2)51-42)32(3)53-47(59)54-41/h13,15-17,25-28,37,39,45,50H,1,3-4,7-12,14,18-24,29H2,2,5-6H3,(H,53,54)/t37-,39?,45-/m0/s1. The third-order valence-corrected chi connectivity index (χ3v) is 13.1. The lowest BCUT2D eigenvalue weighted by Crippen LogP contribution is -2.58. The predicted molar refractivity (Wildman–Crippen MR) is 239 cm³/mol. The average Bonchev–Trinajstić information content (AvgIpc) is 3.76. The van der Waals surface area contributed by atoms with Crippen molar-refractivity contribution < 1.29 is 4.39 Å². The van der Waals surface area contributed by atoms with E-state index in [0.29, 0.717) is 12.2 Å². The molecule has 1 aromatic carbocycles. The number of fused-ring (bicyclic) bond motifs is 7. The molecule has 1 unspecified atom stereocenters. The number of anilines is 4. The normalized spacial score (nSPS) is 23.9. The Bertz CT molecular complexity index is 2300. The molecule has 0 radical (unpaired) electrons. The maximum absolute atomic E-state index is 16.1. The second kappa shape index (κ2) is 16.3. The molecule has 3 saturated heterocycles. The Balaban J connectivity index is 0.856. The second-order valence-electron chi connectivity index (χ2n) is 17.1. The number of nitrogens with one attached hydrogen (secondary N) is 2. The number of pyridine rings is 2. The first-order valence-electron chi connectivity index (χ1n) is 21.6. The van der Waals surface area contributed by atoms with E-state index in [9.17, 15) is 0 Å². The molecule has 8 heterocycles. The molecule has 0 amide bonds. The highest BCUT2D eigenvalue weighted by Crippen LogP contribution is 2.39. The molecule has 308 valence electrons. The van der Waals surface area contributed by atoms with E-state index >= 15 is 4.39 Å². The zero-order chi connectivity index (χ0) is 40.8. The summed E-state index contributed by atoms with van der Waals surface area (Å²) in [7, 11) is 2.02. The van der Waals surface area contributed by atoms with Crippen LogP contribution in [0.1, 0.15) is 79.2 Å². The Morgan fingerprint density at radius 3 is 2.42 bits per heavy atom. The highest BCUT2D eigenvalue weighted by atomic mass is 19.1. The minimum atomic E-state index is -0.928. The molecule has 5 aliphatic heterocycles. The number of nitrogens with zero attached hydrogens (tertiary/aromatic N) is 9. The minimum Gasteiger partial charge on any atom is -0.369 e. The summed E-state index contributed by atoms with van der Waals surface area (Å²) in [6, 6.07) is 15.0. The summed E-state index contributed by atoms with van der Waals surface area (Å²) < 4.78 is 18.1. The molecule has 2 N–H and O–H groups in total. The van der Waals surface area contributed by atoms with Gasteiger partial charge in [0, 0.05) is 104 Å². The van der Waals surface area contributed by atoms with Gasteiger partial charge in [-0.1, -0.05) is 32.6 Å². The second-order valence-corrected chi connectivity index (χ2v) is 17.1. The van der Waals surface area contributed by atoms with Gasteiger partial charge in [-0.2, -0.15) is 5.10 Å². The molecule has 9 rings (SSSR count). The molecule has 0 aliphatic carbocycles. The molecule has 0 spiro atoms. The van der Waals surface area contributed by atoms with Crippen molar-refractivity contribution in [1.82, 2.24) is 30.0 Å². The predicted octanol–water partition coefficient (Wildman–Crippen LogP) is 8.10. The summed E-state index contributed by atoms with van der Waals surface area (Å²) >= 11 is 0. The maximum Gasteiger partial charge on any atom is 0.208 e. The van der Waals surface area contributed by atoms with E-state index in [4.69, 9.17) is 15.0 Å². The van der Waals surface area contributed by atoms with E-state index in [1.807, 2.05) is 31.8 Å². The quantitative estimate of drug-likeness (QED) is 0.213. The Morgan fingerprint density at radius 2 is 1.63 bits per heavy atom. The molecule has 12 heteroatoms. The summed E-state index contributed by atoms with van der Waals surface area (Å²) in [5, 5.41) is 11.5. The zero-order valence-electron chi connectivity index (χ0n) is 35.0. The first-order chi connectivity index (χ1) is 28.6. The van der Waals surface area contributed by atoms with E-state index in [2.05, 4.69) is 97.5 Å². The molecule has 5 aliphatic rings. The Morgan fingerprint density at radius 1 is 0.797 bits per heavy atom. The number of allylic oxidation sites excluding steroid dienone is 2. The molecule has 2 bridgehead atoms. The van der Waals surface area contributed by atoms with Crippen molar-refractivity contribution in [2.45, 2.75) is 83.3 Å². The van der Waals surface area contributed by atoms with Crippen LogP contribution < -0.4 is 25.3 Å². The number of piperazine rings is 1. The van der Waals surface area contributed by atoms with Crippen molar-refractivity contribution in [3.05, 3.63) is 108 Å². The van der Waals surface area contributed by atoms with Crippen LogP contribution in [-0.2, 0) is 13.5 Å². The van der Waals surface area contributed by atoms with Crippen LogP contribution in [0.5, 0.6) is 0 Å². The number of hydrogen-bond acceptors (Lipinski definition) is 10. The molecule has 3 fully saturated rings. The van der Waals surface area contributed by atoms with Crippen molar-refractivity contribution in [2.75, 3.05) is 65.8 Å². The monoisotopic (exact) mass is 795 g/mol. The summed E-state index contributed by atoms with van der Waals surface area (Å²) in [6.07, 6.45) is 9.07. The van der Waals surface area contributed by atoms with Gasteiger partial charge in [0.1, 0.15) is 6.17 Å². The van der Waals surface area contributed by atoms with E-state index in [-0.39, 0.29) is 12.0 Å². The van der Waals surface area contributed by atoms with Crippen molar-refractivity contribution >= 4 is 34.4 Å². The van der Waals surface area contributed by atoms with Gasteiger partial charge in [-0.25, -0.2) is 9.38 Å². The minimum absolute atomic E-state index is 0.0759. The third kappa shape index (κ3) is 7.87. The fourth-order valence-electron chi connectivity index (χ4n) is 9.85. The number of aryl methyl sites for hydroxylation is 3. The molecular weight excluding hydrogens is 738 g/mol. The van der Waals surface area contributed by atoms with Crippen LogP contribution in [0.25, 0.3) is 17.0 Å². The molecular formula is C47H58FN11. The Labute approximate surface area is 348 Å². The molecule has 3 atom stereocenters. The number of benzene rings is 1.